The maximum absolute atomic E-state index is 13.1. The molecule has 6 nitrogen and oxygen atoms in total. The summed E-state index contributed by atoms with van der Waals surface area (Å²) in [5.41, 5.74) is 2.73. The minimum Gasteiger partial charge on any atom is -0.507 e. The number of pyridine rings is 1. The first-order valence-electron chi connectivity index (χ1n) is 9.89. The van der Waals surface area contributed by atoms with E-state index in [2.05, 4.69) is 4.98 Å². The molecule has 2 heterocycles. The molecule has 1 aliphatic rings. The van der Waals surface area contributed by atoms with E-state index in [9.17, 15) is 14.7 Å². The third-order valence-electron chi connectivity index (χ3n) is 5.38. The zero-order chi connectivity index (χ0) is 22.0. The standard InChI is InChI=1S/C25H22N2O4/c1-16-14-18(11-12-20(16)31-2)23(28)21-22(17-8-4-3-5-9-17)27(25(30)24(21)29)15-19-10-6-7-13-26-19/h3-14,22,28H,15H2,1-2H3/b23-21-. The summed E-state index contributed by atoms with van der Waals surface area (Å²) in [4.78, 5) is 31.8. The predicted octanol–water partition coefficient (Wildman–Crippen LogP) is 4.02. The first kappa shape index (κ1) is 20.3. The highest BCUT2D eigenvalue weighted by Crippen LogP contribution is 2.40. The number of amides is 1. The van der Waals surface area contributed by atoms with E-state index in [0.29, 0.717) is 17.0 Å². The second kappa shape index (κ2) is 8.44. The van der Waals surface area contributed by atoms with Crippen molar-refractivity contribution in [3.05, 3.63) is 101 Å². The zero-order valence-electron chi connectivity index (χ0n) is 17.3. The van der Waals surface area contributed by atoms with Gasteiger partial charge in [-0.05, 0) is 48.4 Å². The molecule has 1 saturated heterocycles. The molecule has 1 atom stereocenters. The zero-order valence-corrected chi connectivity index (χ0v) is 17.3. The molecule has 1 aliphatic heterocycles. The molecular formula is C25H22N2O4. The fourth-order valence-corrected chi connectivity index (χ4v) is 3.87. The number of nitrogens with zero attached hydrogens (tertiary/aromatic N) is 2. The molecule has 0 radical (unpaired) electrons. The van der Waals surface area contributed by atoms with Crippen LogP contribution in [0.25, 0.3) is 5.76 Å². The van der Waals surface area contributed by atoms with Crippen LogP contribution < -0.4 is 4.74 Å². The quantitative estimate of drug-likeness (QED) is 0.388. The number of rotatable bonds is 5. The van der Waals surface area contributed by atoms with E-state index in [-0.39, 0.29) is 17.9 Å². The summed E-state index contributed by atoms with van der Waals surface area (Å²) in [6.07, 6.45) is 1.64. The number of hydrogen-bond acceptors (Lipinski definition) is 5. The van der Waals surface area contributed by atoms with Crippen LogP contribution in [0.5, 0.6) is 5.75 Å². The van der Waals surface area contributed by atoms with Gasteiger partial charge in [-0.15, -0.1) is 0 Å². The Morgan fingerprint density at radius 2 is 1.81 bits per heavy atom. The molecule has 4 rings (SSSR count). The molecule has 0 saturated carbocycles. The molecule has 1 unspecified atom stereocenters. The van der Waals surface area contributed by atoms with E-state index in [1.807, 2.05) is 43.3 Å². The van der Waals surface area contributed by atoms with Gasteiger partial charge in [0.15, 0.2) is 0 Å². The van der Waals surface area contributed by atoms with E-state index in [1.165, 1.54) is 4.90 Å². The molecule has 3 aromatic rings. The second-order valence-electron chi connectivity index (χ2n) is 7.34. The number of hydrogen-bond donors (Lipinski definition) is 1. The highest BCUT2D eigenvalue weighted by atomic mass is 16.5. The van der Waals surface area contributed by atoms with Gasteiger partial charge in [-0.3, -0.25) is 14.6 Å². The lowest BCUT2D eigenvalue weighted by molar-refractivity contribution is -0.140. The number of aliphatic hydroxyl groups excluding tert-OH is 1. The Morgan fingerprint density at radius 1 is 1.06 bits per heavy atom. The van der Waals surface area contributed by atoms with Gasteiger partial charge < -0.3 is 14.7 Å². The van der Waals surface area contributed by atoms with E-state index < -0.39 is 17.7 Å². The van der Waals surface area contributed by atoms with Crippen molar-refractivity contribution in [1.82, 2.24) is 9.88 Å². The maximum Gasteiger partial charge on any atom is 0.296 e. The van der Waals surface area contributed by atoms with E-state index in [1.54, 1.807) is 43.6 Å². The number of ether oxygens (including phenoxy) is 1. The first-order chi connectivity index (χ1) is 15.0. The number of aliphatic hydroxyl groups is 1. The van der Waals surface area contributed by atoms with E-state index >= 15 is 0 Å². The van der Waals surface area contributed by atoms with E-state index in [4.69, 9.17) is 4.74 Å². The average molecular weight is 414 g/mol. The van der Waals surface area contributed by atoms with Crippen molar-refractivity contribution in [3.63, 3.8) is 0 Å². The molecule has 1 fully saturated rings. The molecule has 2 aromatic carbocycles. The third kappa shape index (κ3) is 3.80. The van der Waals surface area contributed by atoms with Crippen LogP contribution in [0.3, 0.4) is 0 Å². The van der Waals surface area contributed by atoms with Crippen LogP contribution >= 0.6 is 0 Å². The molecule has 0 bridgehead atoms. The Balaban J connectivity index is 1.85. The van der Waals surface area contributed by atoms with Crippen molar-refractivity contribution in [3.8, 4) is 5.75 Å². The van der Waals surface area contributed by atoms with Crippen LogP contribution in [0, 0.1) is 6.92 Å². The van der Waals surface area contributed by atoms with Crippen LogP contribution in [0.2, 0.25) is 0 Å². The SMILES string of the molecule is COc1ccc(/C(O)=C2/C(=O)C(=O)N(Cc3ccccn3)C2c2ccccc2)cc1C. The van der Waals surface area contributed by atoms with Crippen LogP contribution in [0.4, 0.5) is 0 Å². The van der Waals surface area contributed by atoms with Crippen LogP contribution in [-0.2, 0) is 16.1 Å². The summed E-state index contributed by atoms with van der Waals surface area (Å²) in [5.74, 6) is -0.907. The fourth-order valence-electron chi connectivity index (χ4n) is 3.87. The lowest BCUT2D eigenvalue weighted by Crippen LogP contribution is -2.29. The van der Waals surface area contributed by atoms with Crippen LogP contribution in [-0.4, -0.2) is 33.8 Å². The van der Waals surface area contributed by atoms with Crippen molar-refractivity contribution in [2.75, 3.05) is 7.11 Å². The molecule has 156 valence electrons. The smallest absolute Gasteiger partial charge is 0.296 e. The van der Waals surface area contributed by atoms with Gasteiger partial charge in [0.05, 0.1) is 31.0 Å². The van der Waals surface area contributed by atoms with Gasteiger partial charge in [-0.25, -0.2) is 0 Å². The van der Waals surface area contributed by atoms with Crippen LogP contribution in [0.1, 0.15) is 28.4 Å². The maximum atomic E-state index is 13.1. The largest absolute Gasteiger partial charge is 0.507 e. The normalized spacial score (nSPS) is 17.7. The topological polar surface area (TPSA) is 79.7 Å². The fraction of sp³-hybridized carbons (Fsp3) is 0.160. The highest BCUT2D eigenvalue weighted by molar-refractivity contribution is 6.46. The number of methoxy groups -OCH3 is 1. The number of likely N-dealkylation sites (tertiary alicyclic amines) is 1. The third-order valence-corrected chi connectivity index (χ3v) is 5.38. The molecule has 6 heteroatoms. The van der Waals surface area contributed by atoms with Crippen molar-refractivity contribution >= 4 is 17.4 Å². The van der Waals surface area contributed by atoms with Gasteiger partial charge in [0.25, 0.3) is 11.7 Å². The summed E-state index contributed by atoms with van der Waals surface area (Å²) >= 11 is 0. The molecule has 1 N–H and O–H groups in total. The second-order valence-corrected chi connectivity index (χ2v) is 7.34. The number of carbonyl (C=O) groups excluding carboxylic acids is 2. The Bertz CT molecular complexity index is 1160. The lowest BCUT2D eigenvalue weighted by Gasteiger charge is -2.25. The predicted molar refractivity (Wildman–Crippen MR) is 116 cm³/mol. The Hall–Kier alpha value is -3.93. The minimum absolute atomic E-state index is 0.0664. The lowest BCUT2D eigenvalue weighted by atomic mass is 9.95. The molecule has 31 heavy (non-hydrogen) atoms. The van der Waals surface area contributed by atoms with Gasteiger partial charge in [-0.1, -0.05) is 36.4 Å². The molecule has 1 amide bonds. The Labute approximate surface area is 180 Å². The van der Waals surface area contributed by atoms with Crippen molar-refractivity contribution in [2.45, 2.75) is 19.5 Å². The highest BCUT2D eigenvalue weighted by Gasteiger charge is 2.46. The summed E-state index contributed by atoms with van der Waals surface area (Å²) in [6.45, 7) is 2.01. The summed E-state index contributed by atoms with van der Waals surface area (Å²) in [5, 5.41) is 11.1. The monoisotopic (exact) mass is 414 g/mol. The van der Waals surface area contributed by atoms with Gasteiger partial charge in [0.2, 0.25) is 0 Å². The Morgan fingerprint density at radius 3 is 2.45 bits per heavy atom. The number of Topliss-reactive ketones (excluding diaryl/α,β-unsaturated/α-hetero) is 1. The van der Waals surface area contributed by atoms with Crippen molar-refractivity contribution < 1.29 is 19.4 Å². The Kier molecular flexibility index (Phi) is 5.54. The van der Waals surface area contributed by atoms with Gasteiger partial charge >= 0.3 is 0 Å². The number of ketones is 1. The molecule has 1 aromatic heterocycles. The molecule has 0 spiro atoms. The molecular weight excluding hydrogens is 392 g/mol. The first-order valence-corrected chi connectivity index (χ1v) is 9.89. The number of carbonyl (C=O) groups is 2. The van der Waals surface area contributed by atoms with Crippen molar-refractivity contribution in [1.29, 1.82) is 0 Å². The summed E-state index contributed by atoms with van der Waals surface area (Å²) in [7, 11) is 1.57. The summed E-state index contributed by atoms with van der Waals surface area (Å²) < 4.78 is 5.28. The van der Waals surface area contributed by atoms with Gasteiger partial charge in [0.1, 0.15) is 11.5 Å². The van der Waals surface area contributed by atoms with Crippen molar-refractivity contribution in [2.24, 2.45) is 0 Å². The average Bonchev–Trinajstić information content (AvgIpc) is 3.04. The molecule has 0 aliphatic carbocycles. The van der Waals surface area contributed by atoms with Crippen LogP contribution in [0.15, 0.2) is 78.5 Å². The number of aromatic nitrogens is 1. The minimum atomic E-state index is -0.717. The van der Waals surface area contributed by atoms with Gasteiger partial charge in [-0.2, -0.15) is 0 Å². The number of aryl methyl sites for hydroxylation is 1. The van der Waals surface area contributed by atoms with E-state index in [0.717, 1.165) is 11.1 Å². The van der Waals surface area contributed by atoms with Gasteiger partial charge in [0, 0.05) is 11.8 Å². The number of benzene rings is 2. The summed E-state index contributed by atoms with van der Waals surface area (Å²) in [6, 6.07) is 19.1.